The highest BCUT2D eigenvalue weighted by Crippen LogP contribution is 2.23. The number of hydrogen-bond donors (Lipinski definition) is 1. The van der Waals surface area contributed by atoms with Crippen molar-refractivity contribution < 1.29 is 9.53 Å². The number of hydrogen-bond acceptors (Lipinski definition) is 4. The Kier molecular flexibility index (Phi) is 6.42. The van der Waals surface area contributed by atoms with Gasteiger partial charge in [-0.2, -0.15) is 0 Å². The van der Waals surface area contributed by atoms with Gasteiger partial charge in [-0.25, -0.2) is 0 Å². The van der Waals surface area contributed by atoms with E-state index in [-0.39, 0.29) is 11.8 Å². The van der Waals surface area contributed by atoms with Crippen LogP contribution >= 0.6 is 0 Å². The van der Waals surface area contributed by atoms with Gasteiger partial charge in [0.05, 0.1) is 19.3 Å². The number of carbonyl (C=O) groups is 1. The summed E-state index contributed by atoms with van der Waals surface area (Å²) in [5, 5.41) is 0. The molecule has 128 valence electrons. The molecule has 2 rings (SSSR count). The van der Waals surface area contributed by atoms with Gasteiger partial charge in [-0.3, -0.25) is 4.79 Å². The fourth-order valence-electron chi connectivity index (χ4n) is 2.84. The molecular formula is C18H29N3O2. The quantitative estimate of drug-likeness (QED) is 0.869. The number of carbonyl (C=O) groups excluding carboxylic acids is 1. The molecule has 0 saturated carbocycles. The first kappa shape index (κ1) is 17.8. The predicted molar refractivity (Wildman–Crippen MR) is 93.4 cm³/mol. The van der Waals surface area contributed by atoms with Gasteiger partial charge in [0.25, 0.3) is 0 Å². The number of nitrogens with two attached hydrogens (primary N) is 1. The van der Waals surface area contributed by atoms with Gasteiger partial charge in [0, 0.05) is 32.4 Å². The molecule has 0 aliphatic carbocycles. The van der Waals surface area contributed by atoms with Crippen molar-refractivity contribution in [2.45, 2.75) is 32.9 Å². The minimum absolute atomic E-state index is 0.0103. The Morgan fingerprint density at radius 1 is 1.35 bits per heavy atom. The number of anilines is 1. The largest absolute Gasteiger partial charge is 0.378 e. The maximum absolute atomic E-state index is 12.5. The molecule has 2 atom stereocenters. The SMILES string of the molecule is CCC(C)C(N)C(=O)N(C)Cc1ccccc1N1CCOCC1. The maximum atomic E-state index is 12.5. The molecule has 5 heteroatoms. The Labute approximate surface area is 139 Å². The zero-order valence-corrected chi connectivity index (χ0v) is 14.5. The van der Waals surface area contributed by atoms with Crippen LogP contribution in [0.3, 0.4) is 0 Å². The minimum Gasteiger partial charge on any atom is -0.378 e. The fraction of sp³-hybridized carbons (Fsp3) is 0.611. The number of ether oxygens (including phenoxy) is 1. The van der Waals surface area contributed by atoms with E-state index >= 15 is 0 Å². The topological polar surface area (TPSA) is 58.8 Å². The van der Waals surface area contributed by atoms with Crippen LogP contribution in [-0.4, -0.2) is 50.2 Å². The molecule has 23 heavy (non-hydrogen) atoms. The van der Waals surface area contributed by atoms with E-state index in [0.717, 1.165) is 38.3 Å². The summed E-state index contributed by atoms with van der Waals surface area (Å²) in [6.07, 6.45) is 0.908. The highest BCUT2D eigenvalue weighted by atomic mass is 16.5. The van der Waals surface area contributed by atoms with Crippen molar-refractivity contribution in [3.05, 3.63) is 29.8 Å². The van der Waals surface area contributed by atoms with E-state index in [1.807, 2.05) is 26.1 Å². The second-order valence-corrected chi connectivity index (χ2v) is 6.33. The standard InChI is InChI=1S/C18H29N3O2/c1-4-14(2)17(19)18(22)20(3)13-15-7-5-6-8-16(15)21-9-11-23-12-10-21/h5-8,14,17H,4,9-13,19H2,1-3H3. The first-order valence-electron chi connectivity index (χ1n) is 8.45. The third-order valence-corrected chi connectivity index (χ3v) is 4.67. The van der Waals surface area contributed by atoms with Crippen LogP contribution in [0.25, 0.3) is 0 Å². The molecule has 1 fully saturated rings. The van der Waals surface area contributed by atoms with Crippen molar-refractivity contribution in [1.29, 1.82) is 0 Å². The highest BCUT2D eigenvalue weighted by Gasteiger charge is 2.24. The zero-order chi connectivity index (χ0) is 16.8. The molecule has 1 aromatic rings. The van der Waals surface area contributed by atoms with Crippen molar-refractivity contribution in [2.75, 3.05) is 38.3 Å². The fourth-order valence-corrected chi connectivity index (χ4v) is 2.84. The van der Waals surface area contributed by atoms with Gasteiger partial charge in [0.2, 0.25) is 5.91 Å². The van der Waals surface area contributed by atoms with Gasteiger partial charge in [-0.1, -0.05) is 38.5 Å². The third-order valence-electron chi connectivity index (χ3n) is 4.67. The van der Waals surface area contributed by atoms with Crippen LogP contribution in [0.2, 0.25) is 0 Å². The summed E-state index contributed by atoms with van der Waals surface area (Å²) >= 11 is 0. The Hall–Kier alpha value is -1.59. The normalized spacial score (nSPS) is 17.7. The summed E-state index contributed by atoms with van der Waals surface area (Å²) in [7, 11) is 1.83. The van der Waals surface area contributed by atoms with E-state index in [1.54, 1.807) is 4.90 Å². The van der Waals surface area contributed by atoms with Crippen molar-refractivity contribution in [2.24, 2.45) is 11.7 Å². The molecule has 1 saturated heterocycles. The van der Waals surface area contributed by atoms with Crippen LogP contribution < -0.4 is 10.6 Å². The molecule has 2 N–H and O–H groups in total. The van der Waals surface area contributed by atoms with Gasteiger partial charge >= 0.3 is 0 Å². The number of benzene rings is 1. The smallest absolute Gasteiger partial charge is 0.239 e. The molecule has 1 aromatic carbocycles. The zero-order valence-electron chi connectivity index (χ0n) is 14.5. The Balaban J connectivity index is 2.08. The van der Waals surface area contributed by atoms with Crippen LogP contribution in [0.5, 0.6) is 0 Å². The summed E-state index contributed by atoms with van der Waals surface area (Å²) in [6.45, 7) is 7.95. The van der Waals surface area contributed by atoms with E-state index in [2.05, 4.69) is 24.0 Å². The van der Waals surface area contributed by atoms with Gasteiger partial charge in [-0.05, 0) is 17.5 Å². The first-order chi connectivity index (χ1) is 11.0. The molecule has 1 aliphatic rings. The third kappa shape index (κ3) is 4.45. The van der Waals surface area contributed by atoms with E-state index in [9.17, 15) is 4.79 Å². The van der Waals surface area contributed by atoms with Crippen LogP contribution in [0.4, 0.5) is 5.69 Å². The van der Waals surface area contributed by atoms with Crippen LogP contribution in [0.15, 0.2) is 24.3 Å². The summed E-state index contributed by atoms with van der Waals surface area (Å²) in [5.41, 5.74) is 8.43. The summed E-state index contributed by atoms with van der Waals surface area (Å²) in [6, 6.07) is 7.84. The van der Waals surface area contributed by atoms with Crippen molar-refractivity contribution in [3.63, 3.8) is 0 Å². The molecule has 1 aliphatic heterocycles. The molecule has 5 nitrogen and oxygen atoms in total. The Bertz CT molecular complexity index is 515. The molecule has 0 bridgehead atoms. The Morgan fingerprint density at radius 3 is 2.65 bits per heavy atom. The summed E-state index contributed by atoms with van der Waals surface area (Å²) in [4.78, 5) is 16.6. The lowest BCUT2D eigenvalue weighted by molar-refractivity contribution is -0.132. The van der Waals surface area contributed by atoms with Crippen molar-refractivity contribution in [1.82, 2.24) is 4.90 Å². The van der Waals surface area contributed by atoms with E-state index < -0.39 is 6.04 Å². The number of para-hydroxylation sites is 1. The average Bonchev–Trinajstić information content (AvgIpc) is 2.60. The van der Waals surface area contributed by atoms with Crippen LogP contribution in [0, 0.1) is 5.92 Å². The van der Waals surface area contributed by atoms with Crippen LogP contribution in [0.1, 0.15) is 25.8 Å². The van der Waals surface area contributed by atoms with Crippen molar-refractivity contribution in [3.8, 4) is 0 Å². The number of likely N-dealkylation sites (N-methyl/N-ethyl adjacent to an activating group) is 1. The molecule has 1 heterocycles. The number of nitrogens with zero attached hydrogens (tertiary/aromatic N) is 2. The lowest BCUT2D eigenvalue weighted by Crippen LogP contribution is -2.45. The number of morpholine rings is 1. The summed E-state index contributed by atoms with van der Waals surface area (Å²) < 4.78 is 5.43. The lowest BCUT2D eigenvalue weighted by Gasteiger charge is -2.32. The molecule has 2 unspecified atom stereocenters. The molecule has 1 amide bonds. The van der Waals surface area contributed by atoms with Gasteiger partial charge in [0.1, 0.15) is 0 Å². The lowest BCUT2D eigenvalue weighted by atomic mass is 9.99. The van der Waals surface area contributed by atoms with Crippen LogP contribution in [-0.2, 0) is 16.1 Å². The molecular weight excluding hydrogens is 290 g/mol. The predicted octanol–water partition coefficient (Wildman–Crippen LogP) is 1.85. The first-order valence-corrected chi connectivity index (χ1v) is 8.45. The van der Waals surface area contributed by atoms with Gasteiger partial charge in [0.15, 0.2) is 0 Å². The minimum atomic E-state index is -0.430. The second-order valence-electron chi connectivity index (χ2n) is 6.33. The monoisotopic (exact) mass is 319 g/mol. The molecule has 0 aromatic heterocycles. The number of amides is 1. The maximum Gasteiger partial charge on any atom is 0.239 e. The Morgan fingerprint density at radius 2 is 2.00 bits per heavy atom. The average molecular weight is 319 g/mol. The van der Waals surface area contributed by atoms with Crippen molar-refractivity contribution >= 4 is 11.6 Å². The highest BCUT2D eigenvalue weighted by molar-refractivity contribution is 5.81. The van der Waals surface area contributed by atoms with E-state index in [4.69, 9.17) is 10.5 Å². The second kappa shape index (κ2) is 8.31. The van der Waals surface area contributed by atoms with E-state index in [0.29, 0.717) is 6.54 Å². The van der Waals surface area contributed by atoms with E-state index in [1.165, 1.54) is 5.69 Å². The summed E-state index contributed by atoms with van der Waals surface area (Å²) in [5.74, 6) is 0.204. The number of rotatable bonds is 6. The van der Waals surface area contributed by atoms with Gasteiger partial charge in [-0.15, -0.1) is 0 Å². The van der Waals surface area contributed by atoms with Gasteiger partial charge < -0.3 is 20.3 Å². The molecule has 0 spiro atoms. The molecule has 0 radical (unpaired) electrons.